The van der Waals surface area contributed by atoms with Crippen molar-refractivity contribution in [1.29, 1.82) is 0 Å². The average Bonchev–Trinajstić information content (AvgIpc) is 2.97. The van der Waals surface area contributed by atoms with Gasteiger partial charge >= 0.3 is 0 Å². The molecule has 0 bridgehead atoms. The second-order valence-electron chi connectivity index (χ2n) is 6.00. The van der Waals surface area contributed by atoms with E-state index >= 15 is 0 Å². The van der Waals surface area contributed by atoms with Crippen LogP contribution in [0.5, 0.6) is 0 Å². The third-order valence-electron chi connectivity index (χ3n) is 4.21. The van der Waals surface area contributed by atoms with Crippen molar-refractivity contribution in [2.45, 2.75) is 31.9 Å². The lowest BCUT2D eigenvalue weighted by Gasteiger charge is -2.38. The molecule has 3 rings (SSSR count). The van der Waals surface area contributed by atoms with Gasteiger partial charge in [0.1, 0.15) is 0 Å². The Morgan fingerprint density at radius 2 is 2.00 bits per heavy atom. The third-order valence-corrected chi connectivity index (χ3v) is 5.02. The number of nitrogens with one attached hydrogen (secondary N) is 1. The molecule has 0 radical (unpaired) electrons. The van der Waals surface area contributed by atoms with Gasteiger partial charge in [0, 0.05) is 31.9 Å². The van der Waals surface area contributed by atoms with Crippen LogP contribution >= 0.6 is 23.7 Å². The Kier molecular flexibility index (Phi) is 6.34. The number of anilines is 1. The molecular weight excluding hydrogens is 346 g/mol. The summed E-state index contributed by atoms with van der Waals surface area (Å²) in [6.45, 7) is 3.90. The monoisotopic (exact) mass is 367 g/mol. The quantitative estimate of drug-likeness (QED) is 0.871. The van der Waals surface area contributed by atoms with Gasteiger partial charge in [0.2, 0.25) is 5.91 Å². The summed E-state index contributed by atoms with van der Waals surface area (Å²) in [5, 5.41) is 16.2. The number of hydrogen-bond acceptors (Lipinski definition) is 5. The molecular formula is C17H22ClN3O2S. The molecule has 1 aliphatic rings. The Morgan fingerprint density at radius 1 is 1.33 bits per heavy atom. The van der Waals surface area contributed by atoms with E-state index in [2.05, 4.69) is 15.2 Å². The van der Waals surface area contributed by atoms with Crippen molar-refractivity contribution in [3.05, 3.63) is 47.0 Å². The van der Waals surface area contributed by atoms with E-state index in [0.29, 0.717) is 5.13 Å². The number of nitrogens with zero attached hydrogens (tertiary/aromatic N) is 2. The fourth-order valence-corrected chi connectivity index (χ4v) is 3.68. The molecule has 0 spiro atoms. The van der Waals surface area contributed by atoms with Gasteiger partial charge in [0.15, 0.2) is 5.13 Å². The predicted octanol–water partition coefficient (Wildman–Crippen LogP) is 3.01. The number of thiazole rings is 1. The molecule has 1 fully saturated rings. The lowest BCUT2D eigenvalue weighted by atomic mass is 9.84. The minimum absolute atomic E-state index is 0. The van der Waals surface area contributed by atoms with Crippen molar-refractivity contribution in [1.82, 2.24) is 9.88 Å². The molecule has 130 valence electrons. The first-order chi connectivity index (χ1) is 11.0. The van der Waals surface area contributed by atoms with Crippen molar-refractivity contribution in [2.24, 2.45) is 0 Å². The Hall–Kier alpha value is -1.47. The van der Waals surface area contributed by atoms with E-state index in [4.69, 9.17) is 0 Å². The van der Waals surface area contributed by atoms with Gasteiger partial charge in [-0.3, -0.25) is 9.69 Å². The van der Waals surface area contributed by atoms with Crippen LogP contribution in [0.1, 0.15) is 31.0 Å². The van der Waals surface area contributed by atoms with Gasteiger partial charge in [-0.05, 0) is 18.4 Å². The second kappa shape index (κ2) is 8.07. The number of halogens is 1. The van der Waals surface area contributed by atoms with Crippen molar-refractivity contribution in [3.8, 4) is 0 Å². The highest BCUT2D eigenvalue weighted by atomic mass is 35.5. The van der Waals surface area contributed by atoms with Gasteiger partial charge < -0.3 is 10.4 Å². The molecule has 0 atom stereocenters. The highest BCUT2D eigenvalue weighted by Gasteiger charge is 2.33. The zero-order valence-corrected chi connectivity index (χ0v) is 15.2. The number of benzene rings is 1. The first-order valence-electron chi connectivity index (χ1n) is 7.77. The van der Waals surface area contributed by atoms with E-state index in [1.807, 2.05) is 35.7 Å². The summed E-state index contributed by atoms with van der Waals surface area (Å²) < 4.78 is 0. The molecule has 0 aliphatic carbocycles. The summed E-state index contributed by atoms with van der Waals surface area (Å²) in [5.74, 6) is -0.100. The molecule has 0 saturated carbocycles. The van der Waals surface area contributed by atoms with Crippen LogP contribution < -0.4 is 5.32 Å². The molecule has 1 aromatic heterocycles. The largest absolute Gasteiger partial charge is 0.385 e. The molecule has 24 heavy (non-hydrogen) atoms. The van der Waals surface area contributed by atoms with E-state index in [1.54, 1.807) is 0 Å². The number of piperidine rings is 1. The van der Waals surface area contributed by atoms with Gasteiger partial charge in [-0.25, -0.2) is 4.98 Å². The number of rotatable bonds is 4. The lowest BCUT2D eigenvalue weighted by Crippen LogP contribution is -2.42. The number of aliphatic hydroxyl groups is 1. The molecule has 0 unspecified atom stereocenters. The van der Waals surface area contributed by atoms with Crippen LogP contribution in [0.15, 0.2) is 35.7 Å². The summed E-state index contributed by atoms with van der Waals surface area (Å²) in [5.41, 5.74) is 1.24. The highest BCUT2D eigenvalue weighted by Crippen LogP contribution is 2.33. The van der Waals surface area contributed by atoms with Crippen molar-refractivity contribution in [3.63, 3.8) is 0 Å². The maximum atomic E-state index is 11.0. The molecule has 2 N–H and O–H groups in total. The molecule has 1 amide bonds. The van der Waals surface area contributed by atoms with E-state index in [-0.39, 0.29) is 18.3 Å². The number of hydrogen-bond donors (Lipinski definition) is 2. The standard InChI is InChI=1S/C17H21N3O2S.ClH/c1-13(21)18-16-19-15(12-23-16)11-20-9-7-17(22,8-10-20)14-5-3-2-4-6-14;/h2-6,12,22H,7-11H2,1H3,(H,18,19,21);1H. The van der Waals surface area contributed by atoms with Crippen LogP contribution in [0.3, 0.4) is 0 Å². The molecule has 7 heteroatoms. The van der Waals surface area contributed by atoms with E-state index < -0.39 is 5.60 Å². The van der Waals surface area contributed by atoms with Crippen LogP contribution in [0, 0.1) is 0 Å². The summed E-state index contributed by atoms with van der Waals surface area (Å²) in [4.78, 5) is 17.8. The van der Waals surface area contributed by atoms with Gasteiger partial charge in [0.05, 0.1) is 11.3 Å². The SMILES string of the molecule is CC(=O)Nc1nc(CN2CCC(O)(c3ccccc3)CC2)cs1.Cl. The topological polar surface area (TPSA) is 65.5 Å². The van der Waals surface area contributed by atoms with Crippen LogP contribution in [0.2, 0.25) is 0 Å². The summed E-state index contributed by atoms with van der Waals surface area (Å²) in [6, 6.07) is 9.90. The lowest BCUT2D eigenvalue weighted by molar-refractivity contribution is -0.114. The minimum Gasteiger partial charge on any atom is -0.385 e. The molecule has 2 heterocycles. The second-order valence-corrected chi connectivity index (χ2v) is 6.86. The average molecular weight is 368 g/mol. The maximum absolute atomic E-state index is 11.0. The Labute approximate surface area is 152 Å². The fraction of sp³-hybridized carbons (Fsp3) is 0.412. The summed E-state index contributed by atoms with van der Waals surface area (Å²) >= 11 is 1.44. The smallest absolute Gasteiger partial charge is 0.223 e. The zero-order valence-electron chi connectivity index (χ0n) is 13.6. The number of carbonyl (C=O) groups excluding carboxylic acids is 1. The van der Waals surface area contributed by atoms with Gasteiger partial charge in [-0.1, -0.05) is 30.3 Å². The first-order valence-corrected chi connectivity index (χ1v) is 8.65. The molecule has 1 aliphatic heterocycles. The first kappa shape index (κ1) is 18.9. The molecule has 5 nitrogen and oxygen atoms in total. The predicted molar refractivity (Wildman–Crippen MR) is 98.5 cm³/mol. The number of carbonyl (C=O) groups is 1. The Morgan fingerprint density at radius 3 is 2.62 bits per heavy atom. The van der Waals surface area contributed by atoms with E-state index in [9.17, 15) is 9.90 Å². The van der Waals surface area contributed by atoms with Gasteiger partial charge in [-0.2, -0.15) is 0 Å². The third kappa shape index (κ3) is 4.54. The van der Waals surface area contributed by atoms with Crippen molar-refractivity contribution in [2.75, 3.05) is 18.4 Å². The fourth-order valence-electron chi connectivity index (χ4n) is 2.93. The van der Waals surface area contributed by atoms with E-state index in [1.165, 1.54) is 18.3 Å². The number of amides is 1. The Balaban J connectivity index is 0.00000208. The van der Waals surface area contributed by atoms with Crippen LogP contribution in [-0.2, 0) is 16.9 Å². The zero-order chi connectivity index (χ0) is 16.3. The summed E-state index contributed by atoms with van der Waals surface area (Å²) in [7, 11) is 0. The molecule has 1 aromatic carbocycles. The minimum atomic E-state index is -0.721. The van der Waals surface area contributed by atoms with Crippen molar-refractivity contribution >= 4 is 34.8 Å². The van der Waals surface area contributed by atoms with Crippen LogP contribution in [0.4, 0.5) is 5.13 Å². The Bertz CT molecular complexity index is 669. The van der Waals surface area contributed by atoms with Crippen molar-refractivity contribution < 1.29 is 9.90 Å². The van der Waals surface area contributed by atoms with Gasteiger partial charge in [0.25, 0.3) is 0 Å². The number of likely N-dealkylation sites (tertiary alicyclic amines) is 1. The number of aromatic nitrogens is 1. The molecule has 1 saturated heterocycles. The maximum Gasteiger partial charge on any atom is 0.223 e. The van der Waals surface area contributed by atoms with Crippen LogP contribution in [-0.4, -0.2) is 34.0 Å². The van der Waals surface area contributed by atoms with Gasteiger partial charge in [-0.15, -0.1) is 23.7 Å². The molecule has 2 aromatic rings. The highest BCUT2D eigenvalue weighted by molar-refractivity contribution is 7.13. The summed E-state index contributed by atoms with van der Waals surface area (Å²) in [6.07, 6.45) is 1.44. The van der Waals surface area contributed by atoms with E-state index in [0.717, 1.165) is 43.7 Å². The van der Waals surface area contributed by atoms with Crippen LogP contribution in [0.25, 0.3) is 0 Å². The normalized spacial score (nSPS) is 17.1.